The van der Waals surface area contributed by atoms with Gasteiger partial charge in [0, 0.05) is 6.61 Å². The highest BCUT2D eigenvalue weighted by atomic mass is 16.5. The lowest BCUT2D eigenvalue weighted by Gasteiger charge is -2.11. The van der Waals surface area contributed by atoms with E-state index in [1.54, 1.807) is 0 Å². The van der Waals surface area contributed by atoms with Crippen molar-refractivity contribution in [2.24, 2.45) is 5.92 Å². The fourth-order valence-electron chi connectivity index (χ4n) is 0.981. The Morgan fingerprint density at radius 3 is 2.64 bits per heavy atom. The predicted molar refractivity (Wildman–Crippen MR) is 58.0 cm³/mol. The zero-order chi connectivity index (χ0) is 10.8. The highest BCUT2D eigenvalue weighted by Crippen LogP contribution is 1.99. The maximum atomic E-state index is 8.77. The molecule has 1 N–H and O–H groups in total. The van der Waals surface area contributed by atoms with Crippen molar-refractivity contribution in [2.45, 2.75) is 39.7 Å². The van der Waals surface area contributed by atoms with Crippen LogP contribution in [0.4, 0.5) is 0 Å². The molecule has 14 heavy (non-hydrogen) atoms. The Bertz CT molecular complexity index is 163. The van der Waals surface area contributed by atoms with Crippen molar-refractivity contribution in [3.05, 3.63) is 0 Å². The smallest absolute Gasteiger partial charge is 0.119 e. The average Bonchev–Trinajstić information content (AvgIpc) is 2.16. The lowest BCUT2D eigenvalue weighted by atomic mass is 10.1. The maximum Gasteiger partial charge on any atom is 0.119 e. The van der Waals surface area contributed by atoms with E-state index in [2.05, 4.69) is 32.2 Å². The molecule has 0 rings (SSSR count). The van der Waals surface area contributed by atoms with Crippen molar-refractivity contribution < 1.29 is 4.74 Å². The third-order valence-corrected chi connectivity index (χ3v) is 1.92. The van der Waals surface area contributed by atoms with Gasteiger partial charge in [0.05, 0.1) is 12.7 Å². The van der Waals surface area contributed by atoms with Gasteiger partial charge in [0.2, 0.25) is 0 Å². The van der Waals surface area contributed by atoms with Crippen LogP contribution in [0.1, 0.15) is 33.6 Å². The molecule has 0 aliphatic carbocycles. The van der Waals surface area contributed by atoms with Crippen molar-refractivity contribution in [2.75, 3.05) is 19.8 Å². The molecule has 0 amide bonds. The summed E-state index contributed by atoms with van der Waals surface area (Å²) in [6, 6.07) is 2.04. The second-order valence-electron chi connectivity index (χ2n) is 3.89. The molecule has 0 fully saturated rings. The molecule has 0 aromatic heterocycles. The lowest BCUT2D eigenvalue weighted by molar-refractivity contribution is 0.113. The summed E-state index contributed by atoms with van der Waals surface area (Å²) in [6.45, 7) is 8.56. The highest BCUT2D eigenvalue weighted by Gasteiger charge is 2.05. The average molecular weight is 198 g/mol. The Labute approximate surface area is 87.4 Å². The Balaban J connectivity index is 3.39. The summed E-state index contributed by atoms with van der Waals surface area (Å²) in [4.78, 5) is 0. The molecule has 0 spiro atoms. The minimum atomic E-state index is -0.151. The third kappa shape index (κ3) is 8.03. The van der Waals surface area contributed by atoms with Gasteiger partial charge in [0.25, 0.3) is 0 Å². The topological polar surface area (TPSA) is 45.0 Å². The van der Waals surface area contributed by atoms with E-state index in [1.165, 1.54) is 0 Å². The minimum Gasteiger partial charge on any atom is -0.379 e. The molecular weight excluding hydrogens is 176 g/mol. The first-order valence-electron chi connectivity index (χ1n) is 5.41. The van der Waals surface area contributed by atoms with Crippen LogP contribution >= 0.6 is 0 Å². The molecule has 1 atom stereocenters. The first kappa shape index (κ1) is 13.4. The van der Waals surface area contributed by atoms with Gasteiger partial charge < -0.3 is 10.1 Å². The second kappa shape index (κ2) is 8.98. The molecule has 3 nitrogen and oxygen atoms in total. The molecule has 0 aliphatic rings. The number of ether oxygens (including phenoxy) is 1. The largest absolute Gasteiger partial charge is 0.379 e. The first-order chi connectivity index (χ1) is 6.70. The molecule has 0 aromatic carbocycles. The molecule has 0 heterocycles. The monoisotopic (exact) mass is 198 g/mol. The van der Waals surface area contributed by atoms with E-state index >= 15 is 0 Å². The number of rotatable bonds is 8. The Morgan fingerprint density at radius 1 is 1.43 bits per heavy atom. The maximum absolute atomic E-state index is 8.77. The van der Waals surface area contributed by atoms with E-state index in [9.17, 15) is 0 Å². The Hall–Kier alpha value is -0.590. The van der Waals surface area contributed by atoms with E-state index in [0.29, 0.717) is 12.5 Å². The van der Waals surface area contributed by atoms with Gasteiger partial charge >= 0.3 is 0 Å². The number of nitrogens with zero attached hydrogens (tertiary/aromatic N) is 1. The number of hydrogen-bond donors (Lipinski definition) is 1. The summed E-state index contributed by atoms with van der Waals surface area (Å²) in [7, 11) is 0. The van der Waals surface area contributed by atoms with Crippen molar-refractivity contribution in [1.82, 2.24) is 5.32 Å². The number of nitriles is 1. The van der Waals surface area contributed by atoms with E-state index in [1.807, 2.05) is 0 Å². The lowest BCUT2D eigenvalue weighted by Crippen LogP contribution is -2.32. The van der Waals surface area contributed by atoms with Crippen LogP contribution in [0.3, 0.4) is 0 Å². The summed E-state index contributed by atoms with van der Waals surface area (Å²) in [5.74, 6) is 0.666. The third-order valence-electron chi connectivity index (χ3n) is 1.92. The van der Waals surface area contributed by atoms with Crippen LogP contribution in [0, 0.1) is 17.2 Å². The molecule has 0 bridgehead atoms. The quantitative estimate of drug-likeness (QED) is 0.606. The van der Waals surface area contributed by atoms with Gasteiger partial charge in [-0.3, -0.25) is 0 Å². The molecule has 0 saturated carbocycles. The van der Waals surface area contributed by atoms with Gasteiger partial charge in [0.15, 0.2) is 0 Å². The van der Waals surface area contributed by atoms with E-state index in [0.717, 1.165) is 26.0 Å². The van der Waals surface area contributed by atoms with Crippen molar-refractivity contribution in [1.29, 1.82) is 5.26 Å². The molecule has 1 unspecified atom stereocenters. The van der Waals surface area contributed by atoms with Crippen LogP contribution < -0.4 is 5.32 Å². The highest BCUT2D eigenvalue weighted by molar-refractivity contribution is 4.89. The van der Waals surface area contributed by atoms with Gasteiger partial charge in [-0.1, -0.05) is 20.8 Å². The second-order valence-corrected chi connectivity index (χ2v) is 3.89. The van der Waals surface area contributed by atoms with Crippen molar-refractivity contribution in [3.63, 3.8) is 0 Å². The summed E-state index contributed by atoms with van der Waals surface area (Å²) < 4.78 is 5.41. The zero-order valence-electron chi connectivity index (χ0n) is 9.55. The summed E-state index contributed by atoms with van der Waals surface area (Å²) in [6.07, 6.45) is 2.11. The van der Waals surface area contributed by atoms with E-state index in [-0.39, 0.29) is 6.04 Å². The van der Waals surface area contributed by atoms with Gasteiger partial charge in [-0.15, -0.1) is 0 Å². The SMILES string of the molecule is CCCNC(C#N)COCCC(C)C. The van der Waals surface area contributed by atoms with Gasteiger partial charge in [-0.25, -0.2) is 0 Å². The standard InChI is InChI=1S/C11H22N2O/c1-4-6-13-11(8-12)9-14-7-5-10(2)3/h10-11,13H,4-7,9H2,1-3H3. The number of hydrogen-bond acceptors (Lipinski definition) is 3. The van der Waals surface area contributed by atoms with Gasteiger partial charge in [-0.05, 0) is 25.3 Å². The summed E-state index contributed by atoms with van der Waals surface area (Å²) in [5, 5.41) is 11.9. The minimum absolute atomic E-state index is 0.151. The Kier molecular flexibility index (Phi) is 8.61. The fourth-order valence-corrected chi connectivity index (χ4v) is 0.981. The molecule has 0 saturated heterocycles. The fraction of sp³-hybridized carbons (Fsp3) is 0.909. The normalized spacial score (nSPS) is 12.8. The van der Waals surface area contributed by atoms with Crippen LogP contribution in [-0.2, 0) is 4.74 Å². The number of nitrogens with one attached hydrogen (secondary N) is 1. The van der Waals surface area contributed by atoms with Crippen LogP contribution in [0.2, 0.25) is 0 Å². The summed E-state index contributed by atoms with van der Waals surface area (Å²) >= 11 is 0. The molecule has 82 valence electrons. The zero-order valence-corrected chi connectivity index (χ0v) is 9.55. The van der Waals surface area contributed by atoms with Crippen LogP contribution in [0.25, 0.3) is 0 Å². The van der Waals surface area contributed by atoms with Gasteiger partial charge in [-0.2, -0.15) is 5.26 Å². The van der Waals surface area contributed by atoms with E-state index < -0.39 is 0 Å². The molecule has 0 radical (unpaired) electrons. The van der Waals surface area contributed by atoms with Crippen LogP contribution in [0.5, 0.6) is 0 Å². The molecule has 0 aromatic rings. The van der Waals surface area contributed by atoms with Crippen LogP contribution in [0.15, 0.2) is 0 Å². The molecular formula is C11H22N2O. The van der Waals surface area contributed by atoms with Crippen LogP contribution in [-0.4, -0.2) is 25.8 Å². The van der Waals surface area contributed by atoms with Gasteiger partial charge in [0.1, 0.15) is 6.04 Å². The summed E-state index contributed by atoms with van der Waals surface area (Å²) in [5.41, 5.74) is 0. The van der Waals surface area contributed by atoms with Crippen molar-refractivity contribution in [3.8, 4) is 6.07 Å². The molecule has 0 aliphatic heterocycles. The van der Waals surface area contributed by atoms with E-state index in [4.69, 9.17) is 10.00 Å². The predicted octanol–water partition coefficient (Wildman–Crippen LogP) is 1.94. The molecule has 3 heteroatoms. The van der Waals surface area contributed by atoms with Crippen molar-refractivity contribution >= 4 is 0 Å². The Morgan fingerprint density at radius 2 is 2.14 bits per heavy atom. The first-order valence-corrected chi connectivity index (χ1v) is 5.41.